The van der Waals surface area contributed by atoms with Gasteiger partial charge < -0.3 is 9.67 Å². The number of aryl methyl sites for hydroxylation is 3. The number of hydrogen-bond acceptors (Lipinski definition) is 3. The van der Waals surface area contributed by atoms with Crippen molar-refractivity contribution in [2.75, 3.05) is 0 Å². The number of carbonyl (C=O) groups excluding carboxylic acids is 1. The lowest BCUT2D eigenvalue weighted by Gasteiger charge is -2.11. The molecule has 1 unspecified atom stereocenters. The number of aromatic nitrogens is 1. The zero-order valence-corrected chi connectivity index (χ0v) is 15.9. The maximum Gasteiger partial charge on any atom is 0.326 e. The molecule has 0 saturated heterocycles. The Hall–Kier alpha value is -2.73. The van der Waals surface area contributed by atoms with Gasteiger partial charge in [0.15, 0.2) is 4.80 Å². The first-order valence-electron chi connectivity index (χ1n) is 8.28. The van der Waals surface area contributed by atoms with Gasteiger partial charge >= 0.3 is 5.97 Å². The van der Waals surface area contributed by atoms with E-state index in [1.165, 1.54) is 11.3 Å². The van der Waals surface area contributed by atoms with E-state index in [9.17, 15) is 14.7 Å². The summed E-state index contributed by atoms with van der Waals surface area (Å²) in [6.45, 7) is 7.54. The van der Waals surface area contributed by atoms with Crippen LogP contribution in [0.25, 0.3) is 10.2 Å². The summed E-state index contributed by atoms with van der Waals surface area (Å²) >= 11 is 1.33. The van der Waals surface area contributed by atoms with E-state index < -0.39 is 12.0 Å². The molecule has 3 rings (SSSR count). The molecule has 1 aromatic heterocycles. The molecule has 0 bridgehead atoms. The molecule has 1 heterocycles. The predicted molar refractivity (Wildman–Crippen MR) is 103 cm³/mol. The van der Waals surface area contributed by atoms with Crippen molar-refractivity contribution in [2.45, 2.75) is 33.7 Å². The molecular weight excluding hydrogens is 348 g/mol. The van der Waals surface area contributed by atoms with Crippen LogP contribution in [0, 0.1) is 20.8 Å². The number of rotatable bonds is 3. The molecule has 1 atom stereocenters. The largest absolute Gasteiger partial charge is 0.480 e. The monoisotopic (exact) mass is 368 g/mol. The van der Waals surface area contributed by atoms with Crippen molar-refractivity contribution in [2.24, 2.45) is 4.99 Å². The summed E-state index contributed by atoms with van der Waals surface area (Å²) in [4.78, 5) is 28.8. The second-order valence-electron chi connectivity index (χ2n) is 6.46. The quantitative estimate of drug-likeness (QED) is 0.759. The van der Waals surface area contributed by atoms with Crippen molar-refractivity contribution in [3.63, 3.8) is 0 Å². The van der Waals surface area contributed by atoms with Gasteiger partial charge in [-0.15, -0.1) is 0 Å². The van der Waals surface area contributed by atoms with Gasteiger partial charge in [0.1, 0.15) is 6.04 Å². The van der Waals surface area contributed by atoms with E-state index in [-0.39, 0.29) is 5.91 Å². The lowest BCUT2D eigenvalue weighted by molar-refractivity contribution is -0.140. The number of thiazole rings is 1. The van der Waals surface area contributed by atoms with Crippen LogP contribution in [-0.4, -0.2) is 21.6 Å². The van der Waals surface area contributed by atoms with Crippen LogP contribution in [-0.2, 0) is 4.79 Å². The van der Waals surface area contributed by atoms with E-state index in [1.54, 1.807) is 23.6 Å². The number of hydrogen-bond donors (Lipinski definition) is 1. The van der Waals surface area contributed by atoms with Gasteiger partial charge in [-0.25, -0.2) is 4.79 Å². The van der Waals surface area contributed by atoms with Gasteiger partial charge in [-0.05, 0) is 63.1 Å². The normalized spacial score (nSPS) is 13.2. The first-order valence-corrected chi connectivity index (χ1v) is 9.10. The van der Waals surface area contributed by atoms with Crippen LogP contribution in [0.1, 0.15) is 40.0 Å². The maximum atomic E-state index is 12.6. The van der Waals surface area contributed by atoms with Crippen molar-refractivity contribution in [1.82, 2.24) is 4.57 Å². The third-order valence-corrected chi connectivity index (χ3v) is 5.50. The molecule has 0 spiro atoms. The summed E-state index contributed by atoms with van der Waals surface area (Å²) in [6.07, 6.45) is 0. The Labute approximate surface area is 155 Å². The number of amides is 1. The van der Waals surface area contributed by atoms with E-state index >= 15 is 0 Å². The second kappa shape index (κ2) is 6.88. The van der Waals surface area contributed by atoms with Crippen molar-refractivity contribution in [3.05, 3.63) is 63.5 Å². The first-order chi connectivity index (χ1) is 12.3. The Bertz CT molecular complexity index is 1070. The van der Waals surface area contributed by atoms with Crippen LogP contribution >= 0.6 is 11.3 Å². The van der Waals surface area contributed by atoms with Gasteiger partial charge in [-0.2, -0.15) is 4.99 Å². The summed E-state index contributed by atoms with van der Waals surface area (Å²) < 4.78 is 2.54. The Morgan fingerprint density at radius 1 is 1.08 bits per heavy atom. The Kier molecular flexibility index (Phi) is 4.78. The maximum absolute atomic E-state index is 12.6. The average Bonchev–Trinajstić information content (AvgIpc) is 2.91. The number of benzene rings is 2. The van der Waals surface area contributed by atoms with E-state index in [1.807, 2.05) is 45.0 Å². The van der Waals surface area contributed by atoms with Gasteiger partial charge in [0.2, 0.25) is 0 Å². The van der Waals surface area contributed by atoms with E-state index in [2.05, 4.69) is 4.99 Å². The lowest BCUT2D eigenvalue weighted by atomic mass is 10.1. The molecule has 5 nitrogen and oxygen atoms in total. The van der Waals surface area contributed by atoms with Crippen LogP contribution in [0.2, 0.25) is 0 Å². The minimum Gasteiger partial charge on any atom is -0.480 e. The zero-order chi connectivity index (χ0) is 19.0. The molecule has 0 fully saturated rings. The Balaban J connectivity index is 2.23. The van der Waals surface area contributed by atoms with Crippen molar-refractivity contribution in [3.8, 4) is 0 Å². The summed E-state index contributed by atoms with van der Waals surface area (Å²) in [5, 5.41) is 9.50. The first kappa shape index (κ1) is 18.1. The molecule has 1 N–H and O–H groups in total. The molecule has 0 aliphatic rings. The molecule has 26 heavy (non-hydrogen) atoms. The fraction of sp³-hybridized carbons (Fsp3) is 0.250. The standard InChI is InChI=1S/C20H20N2O3S/c1-11-5-7-15(8-6-11)18(23)21-20-22(14(4)19(24)25)16-9-12(2)13(3)10-17(16)26-20/h5-10,14H,1-4H3,(H,24,25). The van der Waals surface area contributed by atoms with Gasteiger partial charge in [0.25, 0.3) is 5.91 Å². The fourth-order valence-electron chi connectivity index (χ4n) is 2.70. The molecule has 0 aliphatic heterocycles. The van der Waals surface area contributed by atoms with Crippen LogP contribution in [0.4, 0.5) is 0 Å². The minimum absolute atomic E-state index is 0.378. The molecule has 6 heteroatoms. The molecule has 3 aromatic rings. The number of carboxylic acid groups (broad SMARTS) is 1. The van der Waals surface area contributed by atoms with Gasteiger partial charge in [-0.1, -0.05) is 29.0 Å². The minimum atomic E-state index is -0.966. The van der Waals surface area contributed by atoms with E-state index in [0.29, 0.717) is 10.4 Å². The highest BCUT2D eigenvalue weighted by molar-refractivity contribution is 7.16. The van der Waals surface area contributed by atoms with Crippen LogP contribution in [0.15, 0.2) is 41.4 Å². The van der Waals surface area contributed by atoms with Crippen LogP contribution in [0.3, 0.4) is 0 Å². The number of fused-ring (bicyclic) bond motifs is 1. The third-order valence-electron chi connectivity index (χ3n) is 4.48. The molecule has 2 aromatic carbocycles. The van der Waals surface area contributed by atoms with Gasteiger partial charge in [-0.3, -0.25) is 4.79 Å². The van der Waals surface area contributed by atoms with Crippen LogP contribution < -0.4 is 4.80 Å². The summed E-state index contributed by atoms with van der Waals surface area (Å²) in [5.74, 6) is -1.34. The number of carbonyl (C=O) groups is 2. The summed E-state index contributed by atoms with van der Waals surface area (Å²) in [5.41, 5.74) is 4.51. The summed E-state index contributed by atoms with van der Waals surface area (Å²) in [6, 6.07) is 10.3. The molecule has 0 saturated carbocycles. The molecule has 134 valence electrons. The highest BCUT2D eigenvalue weighted by Crippen LogP contribution is 2.24. The highest BCUT2D eigenvalue weighted by Gasteiger charge is 2.19. The third kappa shape index (κ3) is 3.32. The number of carboxylic acids is 1. The molecule has 0 aliphatic carbocycles. The highest BCUT2D eigenvalue weighted by atomic mass is 32.1. The molecule has 0 radical (unpaired) electrons. The van der Waals surface area contributed by atoms with E-state index in [4.69, 9.17) is 0 Å². The average molecular weight is 368 g/mol. The van der Waals surface area contributed by atoms with E-state index in [0.717, 1.165) is 26.9 Å². The van der Waals surface area contributed by atoms with Gasteiger partial charge in [0, 0.05) is 5.56 Å². The topological polar surface area (TPSA) is 71.7 Å². The SMILES string of the molecule is Cc1ccc(C(=O)N=c2sc3cc(C)c(C)cc3n2C(C)C(=O)O)cc1. The smallest absolute Gasteiger partial charge is 0.326 e. The molecule has 1 amide bonds. The van der Waals surface area contributed by atoms with Crippen molar-refractivity contribution in [1.29, 1.82) is 0 Å². The molecular formula is C20H20N2O3S. The summed E-state index contributed by atoms with van der Waals surface area (Å²) in [7, 11) is 0. The van der Waals surface area contributed by atoms with Crippen molar-refractivity contribution < 1.29 is 14.7 Å². The Morgan fingerprint density at radius 2 is 1.69 bits per heavy atom. The predicted octanol–water partition coefficient (Wildman–Crippen LogP) is 4.01. The van der Waals surface area contributed by atoms with Crippen molar-refractivity contribution >= 4 is 33.4 Å². The van der Waals surface area contributed by atoms with Crippen LogP contribution in [0.5, 0.6) is 0 Å². The number of aliphatic carboxylic acids is 1. The fourth-order valence-corrected chi connectivity index (χ4v) is 3.88. The Morgan fingerprint density at radius 3 is 2.31 bits per heavy atom. The zero-order valence-electron chi connectivity index (χ0n) is 15.1. The lowest BCUT2D eigenvalue weighted by Crippen LogP contribution is -2.25. The number of nitrogens with zero attached hydrogens (tertiary/aromatic N) is 2. The van der Waals surface area contributed by atoms with Gasteiger partial charge in [0.05, 0.1) is 10.2 Å². The second-order valence-corrected chi connectivity index (χ2v) is 7.47.